The third-order valence-corrected chi connectivity index (χ3v) is 4.10. The van der Waals surface area contributed by atoms with Crippen molar-refractivity contribution in [2.24, 2.45) is 5.11 Å². The maximum atomic E-state index is 13.4. The van der Waals surface area contributed by atoms with E-state index < -0.39 is 11.6 Å². The van der Waals surface area contributed by atoms with Crippen LogP contribution in [0.15, 0.2) is 59.8 Å². The summed E-state index contributed by atoms with van der Waals surface area (Å²) in [6.45, 7) is 0.462. The maximum Gasteiger partial charge on any atom is 0.166 e. The number of hydrogen-bond donors (Lipinski definition) is 3. The predicted molar refractivity (Wildman–Crippen MR) is 107 cm³/mol. The Morgan fingerprint density at radius 3 is 2.86 bits per heavy atom. The monoisotopic (exact) mass is 394 g/mol. The van der Waals surface area contributed by atoms with Crippen molar-refractivity contribution < 1.29 is 19.0 Å². The summed E-state index contributed by atoms with van der Waals surface area (Å²) in [5.74, 6) is -0.496. The zero-order valence-corrected chi connectivity index (χ0v) is 15.4. The largest absolute Gasteiger partial charge is 0.505 e. The van der Waals surface area contributed by atoms with Gasteiger partial charge in [0.25, 0.3) is 0 Å². The van der Waals surface area contributed by atoms with Crippen LogP contribution in [0, 0.1) is 11.3 Å². The number of aromatic hydroxyl groups is 1. The van der Waals surface area contributed by atoms with Gasteiger partial charge in [-0.1, -0.05) is 6.07 Å². The normalized spacial score (nSPS) is 11.3. The molecule has 0 aliphatic heterocycles. The van der Waals surface area contributed by atoms with Gasteiger partial charge in [0.2, 0.25) is 0 Å². The van der Waals surface area contributed by atoms with E-state index in [9.17, 15) is 14.3 Å². The van der Waals surface area contributed by atoms with E-state index in [1.807, 2.05) is 12.1 Å². The van der Waals surface area contributed by atoms with Gasteiger partial charge in [0.1, 0.15) is 17.7 Å². The maximum absolute atomic E-state index is 13.4. The average Bonchev–Trinajstić information content (AvgIpc) is 2.74. The molecule has 0 atom stereocenters. The van der Waals surface area contributed by atoms with Crippen LogP contribution in [0.5, 0.6) is 11.5 Å². The Morgan fingerprint density at radius 2 is 2.10 bits per heavy atom. The van der Waals surface area contributed by atoms with E-state index in [1.165, 1.54) is 18.3 Å². The van der Waals surface area contributed by atoms with E-state index in [0.29, 0.717) is 42.1 Å². The first-order chi connectivity index (χ1) is 14.1. The van der Waals surface area contributed by atoms with Crippen LogP contribution in [0.25, 0.3) is 16.6 Å². The van der Waals surface area contributed by atoms with Crippen LogP contribution in [0.3, 0.4) is 0 Å². The number of anilines is 1. The van der Waals surface area contributed by atoms with Crippen molar-refractivity contribution >= 4 is 28.6 Å². The molecule has 0 bridgehead atoms. The molecule has 29 heavy (non-hydrogen) atoms. The number of nitrogens with zero attached hydrogens (tertiary/aromatic N) is 2. The molecule has 0 saturated carbocycles. The summed E-state index contributed by atoms with van der Waals surface area (Å²) in [6, 6.07) is 12.9. The van der Waals surface area contributed by atoms with Crippen LogP contribution in [0.4, 0.5) is 10.1 Å². The number of phenolic OH excluding ortho intramolecular Hbond substituents is 1. The lowest BCUT2D eigenvalue weighted by Crippen LogP contribution is -1.98. The Balaban J connectivity index is 1.77. The van der Waals surface area contributed by atoms with E-state index in [4.69, 9.17) is 10.3 Å². The quantitative estimate of drug-likeness (QED) is 0.207. The fourth-order valence-electron chi connectivity index (χ4n) is 2.60. The number of halogens is 1. The number of pyridine rings is 1. The van der Waals surface area contributed by atoms with E-state index in [2.05, 4.69) is 15.4 Å². The highest BCUT2D eigenvalue weighted by atomic mass is 19.1. The van der Waals surface area contributed by atoms with Crippen LogP contribution in [-0.2, 0) is 4.79 Å². The van der Waals surface area contributed by atoms with Crippen LogP contribution in [0.1, 0.15) is 18.5 Å². The first-order valence-corrected chi connectivity index (χ1v) is 8.91. The molecule has 8 heteroatoms. The van der Waals surface area contributed by atoms with Crippen molar-refractivity contribution in [1.82, 2.24) is 4.98 Å². The number of ether oxygens (including phenoxy) is 1. The molecule has 0 amide bonds. The highest BCUT2D eigenvalue weighted by Crippen LogP contribution is 2.24. The molecule has 0 aliphatic rings. The number of carbonyl (C=O) groups excluding carboxylic acids is 1. The van der Waals surface area contributed by atoms with Crippen LogP contribution >= 0.6 is 0 Å². The molecule has 0 spiro atoms. The van der Waals surface area contributed by atoms with Gasteiger partial charge in [-0.2, -0.15) is 5.11 Å². The summed E-state index contributed by atoms with van der Waals surface area (Å²) in [7, 11) is 0. The number of aromatic nitrogens is 1. The van der Waals surface area contributed by atoms with E-state index in [0.717, 1.165) is 17.7 Å². The Hall–Kier alpha value is -3.81. The smallest absolute Gasteiger partial charge is 0.166 e. The number of carbonyl (C=O) groups is 1. The van der Waals surface area contributed by atoms with Gasteiger partial charge in [-0.15, -0.1) is 0 Å². The Bertz CT molecular complexity index is 1070. The third kappa shape index (κ3) is 5.13. The number of rotatable bonds is 9. The van der Waals surface area contributed by atoms with E-state index in [-0.39, 0.29) is 5.70 Å². The molecular weight excluding hydrogens is 375 g/mol. The molecular formula is C21H19FN4O3. The molecule has 0 aliphatic carbocycles. The lowest BCUT2D eigenvalue weighted by atomic mass is 10.1. The number of nitrogens with one attached hydrogen (secondary N) is 2. The van der Waals surface area contributed by atoms with Crippen LogP contribution in [-0.4, -0.2) is 23.0 Å². The second-order valence-electron chi connectivity index (χ2n) is 6.16. The summed E-state index contributed by atoms with van der Waals surface area (Å²) < 4.78 is 19.0. The molecule has 1 heterocycles. The summed E-state index contributed by atoms with van der Waals surface area (Å²) in [6.07, 6.45) is 3.44. The molecule has 0 radical (unpaired) electrons. The lowest BCUT2D eigenvalue weighted by Gasteiger charge is -2.08. The Labute approximate surface area is 166 Å². The van der Waals surface area contributed by atoms with Gasteiger partial charge >= 0.3 is 0 Å². The highest BCUT2D eigenvalue weighted by Gasteiger charge is 2.06. The number of unbranched alkanes of at least 4 members (excludes halogenated alkanes) is 1. The number of phenols is 1. The topological polar surface area (TPSA) is 108 Å². The summed E-state index contributed by atoms with van der Waals surface area (Å²) in [5, 5.41) is 16.4. The zero-order chi connectivity index (χ0) is 20.6. The Morgan fingerprint density at radius 1 is 1.24 bits per heavy atom. The molecule has 3 N–H and O–H groups in total. The van der Waals surface area contributed by atoms with Crippen molar-refractivity contribution in [2.45, 2.75) is 12.8 Å². The molecule has 0 saturated heterocycles. The molecule has 0 fully saturated rings. The number of fused-ring (bicyclic) bond motifs is 1. The second kappa shape index (κ2) is 9.41. The summed E-state index contributed by atoms with van der Waals surface area (Å²) in [5.41, 5.74) is 9.24. The standard InChI is InChI=1S/C21H19FN4O3/c22-17-12-15(4-8-21(17)28)24-13-20(26-23)19-6-3-14-11-16(5-7-18(14)25-19)29-10-2-1-9-27/h3-9,11-13,23-24,28H,1-2,10H2/b20-13-,26-23?. The fraction of sp³-hybridized carbons (Fsp3) is 0.143. The van der Waals surface area contributed by atoms with Crippen LogP contribution < -0.4 is 10.1 Å². The molecule has 1 aromatic heterocycles. The number of hydrogen-bond acceptors (Lipinski definition) is 7. The molecule has 3 aromatic rings. The van der Waals surface area contributed by atoms with Gasteiger partial charge < -0.3 is 20.0 Å². The first kappa shape index (κ1) is 19.9. The van der Waals surface area contributed by atoms with Crippen molar-refractivity contribution in [3.63, 3.8) is 0 Å². The van der Waals surface area contributed by atoms with Crippen molar-refractivity contribution in [1.29, 1.82) is 5.53 Å². The van der Waals surface area contributed by atoms with Gasteiger partial charge in [0.15, 0.2) is 11.6 Å². The number of aldehydes is 1. The van der Waals surface area contributed by atoms with Crippen molar-refractivity contribution in [3.8, 4) is 11.5 Å². The van der Waals surface area contributed by atoms with E-state index in [1.54, 1.807) is 18.2 Å². The average molecular weight is 394 g/mol. The van der Waals surface area contributed by atoms with Gasteiger partial charge in [-0.3, -0.25) is 0 Å². The summed E-state index contributed by atoms with van der Waals surface area (Å²) >= 11 is 0. The molecule has 2 aromatic carbocycles. The molecule has 7 nitrogen and oxygen atoms in total. The van der Waals surface area contributed by atoms with Gasteiger partial charge in [-0.05, 0) is 42.8 Å². The van der Waals surface area contributed by atoms with Gasteiger partial charge in [-0.25, -0.2) is 14.9 Å². The summed E-state index contributed by atoms with van der Waals surface area (Å²) in [4.78, 5) is 14.8. The predicted octanol–water partition coefficient (Wildman–Crippen LogP) is 4.88. The molecule has 148 valence electrons. The van der Waals surface area contributed by atoms with Crippen molar-refractivity contribution in [3.05, 3.63) is 66.2 Å². The van der Waals surface area contributed by atoms with E-state index >= 15 is 0 Å². The zero-order valence-electron chi connectivity index (χ0n) is 15.4. The van der Waals surface area contributed by atoms with Gasteiger partial charge in [0, 0.05) is 29.8 Å². The molecule has 0 unspecified atom stereocenters. The SMILES string of the molecule is N=N/C(=C\Nc1ccc(O)c(F)c1)c1ccc2cc(OCCCC=O)ccc2n1. The lowest BCUT2D eigenvalue weighted by molar-refractivity contribution is -0.108. The minimum Gasteiger partial charge on any atom is -0.505 e. The fourth-order valence-corrected chi connectivity index (χ4v) is 2.60. The first-order valence-electron chi connectivity index (χ1n) is 8.91. The Kier molecular flexibility index (Phi) is 6.47. The molecule has 3 rings (SSSR count). The minimum absolute atomic E-state index is 0.259. The van der Waals surface area contributed by atoms with Crippen molar-refractivity contribution in [2.75, 3.05) is 11.9 Å². The number of benzene rings is 2. The second-order valence-corrected chi connectivity index (χ2v) is 6.16. The van der Waals surface area contributed by atoms with Crippen LogP contribution in [0.2, 0.25) is 0 Å². The third-order valence-electron chi connectivity index (χ3n) is 4.10. The van der Waals surface area contributed by atoms with Gasteiger partial charge in [0.05, 0.1) is 17.8 Å². The highest BCUT2D eigenvalue weighted by molar-refractivity contribution is 5.82. The minimum atomic E-state index is -0.749.